The number of carbonyl (C=O) groups excluding carboxylic acids is 1. The van der Waals surface area contributed by atoms with Crippen LogP contribution in [0.2, 0.25) is 0 Å². The maximum absolute atomic E-state index is 15.8. The van der Waals surface area contributed by atoms with E-state index in [0.29, 0.717) is 32.1 Å². The van der Waals surface area contributed by atoms with Gasteiger partial charge in [-0.25, -0.2) is 0 Å². The molecule has 0 radical (unpaired) electrons. The molecule has 10 rings (SSSR count). The number of rotatable bonds is 14. The van der Waals surface area contributed by atoms with Gasteiger partial charge in [0.1, 0.15) is 91.1 Å². The minimum Gasteiger partial charge on any atom is -0.481 e. The average molecular weight is 1240 g/mol. The van der Waals surface area contributed by atoms with E-state index in [9.17, 15) is 86.5 Å². The molecule has 4 saturated carbocycles. The third-order valence-corrected chi connectivity index (χ3v) is 22.8. The van der Waals surface area contributed by atoms with Crippen molar-refractivity contribution in [2.24, 2.45) is 50.2 Å². The van der Waals surface area contributed by atoms with Crippen molar-refractivity contribution in [3.8, 4) is 0 Å². The first kappa shape index (κ1) is 66.6. The standard InChI is InChI=1S/C58H92O28/c1-23-32(64)41(83-49-43(72)58(76,21-61)22-78-49)42(84-46-39(71)36(68)40(24(2)80-46)82-45-37(69)33(65)28(63)19-77-45)48(79-23)86-51(75)56-13-12-52(3,4)16-26(56)25-8-9-30-53(5)17-27(62)44(85-47-38(70)35(67)34(66)29(18-59)81-47)55(7,50(73)74)31(53)10-11-54(30,6)57(25,20-60)15-14-56/h8,23-24,26-49,59-72,76H,9-22H2,1-7H3,(H,73,74). The fraction of sp³-hybridized carbons (Fsp3) is 0.931. The van der Waals surface area contributed by atoms with Crippen LogP contribution in [0, 0.1) is 50.2 Å². The van der Waals surface area contributed by atoms with Gasteiger partial charge in [-0.1, -0.05) is 39.3 Å². The fourth-order valence-electron chi connectivity index (χ4n) is 17.6. The van der Waals surface area contributed by atoms with Gasteiger partial charge in [-0.3, -0.25) is 9.59 Å². The van der Waals surface area contributed by atoms with Gasteiger partial charge in [0.15, 0.2) is 31.3 Å². The van der Waals surface area contributed by atoms with Gasteiger partial charge in [-0.05, 0) is 113 Å². The molecule has 0 aromatic carbocycles. The molecule has 32 unspecified atom stereocenters. The number of hydrogen-bond acceptors (Lipinski definition) is 27. The van der Waals surface area contributed by atoms with Crippen LogP contribution in [0.4, 0.5) is 0 Å². The first-order valence-electron chi connectivity index (χ1n) is 30.2. The second kappa shape index (κ2) is 24.0. The molecule has 5 heterocycles. The van der Waals surface area contributed by atoms with Crippen molar-refractivity contribution in [1.29, 1.82) is 0 Å². The summed E-state index contributed by atoms with van der Waals surface area (Å²) in [6.45, 7) is 9.49. The summed E-state index contributed by atoms with van der Waals surface area (Å²) in [4.78, 5) is 29.7. The van der Waals surface area contributed by atoms with Gasteiger partial charge in [0, 0.05) is 5.41 Å². The molecule has 28 nitrogen and oxygen atoms in total. The lowest BCUT2D eigenvalue weighted by atomic mass is 9.33. The zero-order valence-electron chi connectivity index (χ0n) is 49.5. The zero-order valence-corrected chi connectivity index (χ0v) is 49.5. The van der Waals surface area contributed by atoms with Crippen molar-refractivity contribution in [1.82, 2.24) is 0 Å². The van der Waals surface area contributed by atoms with E-state index in [1.165, 1.54) is 20.8 Å². The van der Waals surface area contributed by atoms with Crippen LogP contribution in [0.3, 0.4) is 0 Å². The van der Waals surface area contributed by atoms with Gasteiger partial charge in [0.25, 0.3) is 0 Å². The molecule has 5 saturated heterocycles. The molecule has 492 valence electrons. The topological polar surface area (TPSA) is 450 Å². The average Bonchev–Trinajstić information content (AvgIpc) is 0.733. The second-order valence-corrected chi connectivity index (χ2v) is 28.1. The largest absolute Gasteiger partial charge is 0.481 e. The Kier molecular flexibility index (Phi) is 18.6. The van der Waals surface area contributed by atoms with E-state index in [0.717, 1.165) is 5.57 Å². The molecule has 16 N–H and O–H groups in total. The molecule has 0 amide bonds. The van der Waals surface area contributed by atoms with Crippen LogP contribution in [0.15, 0.2) is 11.6 Å². The van der Waals surface area contributed by atoms with E-state index in [1.54, 1.807) is 0 Å². The number of aliphatic carboxylic acids is 1. The van der Waals surface area contributed by atoms with Crippen LogP contribution in [-0.2, 0) is 57.0 Å². The third kappa shape index (κ3) is 10.5. The number of carboxylic acid groups (broad SMARTS) is 1. The molecular weight excluding hydrogens is 1140 g/mol. The number of esters is 1. The Morgan fingerprint density at radius 3 is 1.88 bits per heavy atom. The first-order chi connectivity index (χ1) is 40.2. The summed E-state index contributed by atoms with van der Waals surface area (Å²) in [7, 11) is 0. The SMILES string of the molecule is CC1OC(OC(=O)C23CCC(C)(C)CC2C2=CCC4C5(C)CC(O)C(OC6OC(CO)C(O)C(O)C6O)C(C)(C(=O)O)C5CCC4(C)C2(CO)CC3)C(OC2OC(C)C(OC3OCC(O)C(O)C3O)C(O)C2O)C(OC2OCC(O)(CO)C2O)C1O. The molecule has 32 atom stereocenters. The van der Waals surface area contributed by atoms with Gasteiger partial charge in [-0.2, -0.15) is 0 Å². The lowest BCUT2D eigenvalue weighted by Crippen LogP contribution is -2.71. The summed E-state index contributed by atoms with van der Waals surface area (Å²) >= 11 is 0. The number of hydrogen-bond donors (Lipinski definition) is 16. The molecule has 0 aromatic rings. The smallest absolute Gasteiger partial charge is 0.315 e. The van der Waals surface area contributed by atoms with Gasteiger partial charge in [-0.15, -0.1) is 0 Å². The molecule has 0 aromatic heterocycles. The van der Waals surface area contributed by atoms with Gasteiger partial charge < -0.3 is 129 Å². The highest BCUT2D eigenvalue weighted by molar-refractivity contribution is 5.79. The lowest BCUT2D eigenvalue weighted by molar-refractivity contribution is -0.382. The molecule has 5 aliphatic carbocycles. The number of aliphatic hydroxyl groups excluding tert-OH is 14. The van der Waals surface area contributed by atoms with E-state index in [4.69, 9.17) is 47.4 Å². The van der Waals surface area contributed by atoms with E-state index < -0.39 is 224 Å². The Hall–Kier alpha value is -2.28. The highest BCUT2D eigenvalue weighted by Gasteiger charge is 2.74. The van der Waals surface area contributed by atoms with Crippen molar-refractivity contribution in [2.45, 2.75) is 253 Å². The minimum atomic E-state index is -2.19. The van der Waals surface area contributed by atoms with Crippen LogP contribution in [-0.4, -0.2) is 274 Å². The molecule has 86 heavy (non-hydrogen) atoms. The van der Waals surface area contributed by atoms with Gasteiger partial charge >= 0.3 is 11.9 Å². The normalized spacial score (nSPS) is 54.6. The zero-order chi connectivity index (χ0) is 62.9. The Morgan fingerprint density at radius 2 is 1.23 bits per heavy atom. The first-order valence-corrected chi connectivity index (χ1v) is 30.2. The Balaban J connectivity index is 0.953. The molecule has 5 aliphatic heterocycles. The third-order valence-electron chi connectivity index (χ3n) is 22.8. The summed E-state index contributed by atoms with van der Waals surface area (Å²) in [5.41, 5.74) is -7.59. The minimum absolute atomic E-state index is 0.0162. The van der Waals surface area contributed by atoms with E-state index in [1.807, 2.05) is 6.92 Å². The summed E-state index contributed by atoms with van der Waals surface area (Å²) in [6.07, 6.45) is -33.4. The predicted octanol–water partition coefficient (Wildman–Crippen LogP) is -3.87. The highest BCUT2D eigenvalue weighted by Crippen LogP contribution is 2.76. The summed E-state index contributed by atoms with van der Waals surface area (Å²) in [6, 6.07) is 0. The van der Waals surface area contributed by atoms with Gasteiger partial charge in [0.05, 0.1) is 62.2 Å². The molecule has 0 spiro atoms. The summed E-state index contributed by atoms with van der Waals surface area (Å²) < 4.78 is 60.1. The van der Waals surface area contributed by atoms with E-state index in [2.05, 4.69) is 26.8 Å². The Labute approximate surface area is 497 Å². The Bertz CT molecular complexity index is 2470. The van der Waals surface area contributed by atoms with Crippen LogP contribution >= 0.6 is 0 Å². The number of allylic oxidation sites excluding steroid dienone is 1. The van der Waals surface area contributed by atoms with E-state index in [-0.39, 0.29) is 43.6 Å². The summed E-state index contributed by atoms with van der Waals surface area (Å²) in [5.74, 6) is -3.67. The van der Waals surface area contributed by atoms with Crippen molar-refractivity contribution in [3.63, 3.8) is 0 Å². The number of carbonyl (C=O) groups is 2. The van der Waals surface area contributed by atoms with Crippen molar-refractivity contribution >= 4 is 11.9 Å². The number of ether oxygens (including phenoxy) is 10. The van der Waals surface area contributed by atoms with Crippen molar-refractivity contribution < 1.29 is 139 Å². The number of fused-ring (bicyclic) bond motifs is 7. The lowest BCUT2D eigenvalue weighted by Gasteiger charge is -2.71. The van der Waals surface area contributed by atoms with Crippen LogP contribution in [0.1, 0.15) is 106 Å². The molecule has 10 aliphatic rings. The second-order valence-electron chi connectivity index (χ2n) is 28.1. The molecule has 9 fully saturated rings. The highest BCUT2D eigenvalue weighted by atomic mass is 16.8. The monoisotopic (exact) mass is 1240 g/mol. The maximum atomic E-state index is 15.8. The van der Waals surface area contributed by atoms with Crippen molar-refractivity contribution in [2.75, 3.05) is 33.0 Å². The Morgan fingerprint density at radius 1 is 0.605 bits per heavy atom. The molecule has 0 bridgehead atoms. The summed E-state index contributed by atoms with van der Waals surface area (Å²) in [5, 5.41) is 176. The maximum Gasteiger partial charge on any atom is 0.315 e. The molecule has 28 heteroatoms. The predicted molar refractivity (Wildman–Crippen MR) is 285 cm³/mol. The molecular formula is C58H92O28. The fourth-order valence-corrected chi connectivity index (χ4v) is 17.6. The number of carboxylic acids is 1. The van der Waals surface area contributed by atoms with Crippen LogP contribution in [0.25, 0.3) is 0 Å². The van der Waals surface area contributed by atoms with E-state index >= 15 is 4.79 Å². The quantitative estimate of drug-likeness (QED) is 0.0449. The number of aliphatic hydroxyl groups is 15. The van der Waals surface area contributed by atoms with Gasteiger partial charge in [0.2, 0.25) is 6.29 Å². The van der Waals surface area contributed by atoms with Crippen molar-refractivity contribution in [3.05, 3.63) is 11.6 Å². The van der Waals surface area contributed by atoms with Crippen LogP contribution < -0.4 is 0 Å². The van der Waals surface area contributed by atoms with Crippen LogP contribution in [0.5, 0.6) is 0 Å².